The lowest BCUT2D eigenvalue weighted by atomic mass is 10.1. The number of aromatic amines is 1. The van der Waals surface area contributed by atoms with Crippen LogP contribution >= 0.6 is 11.8 Å². The van der Waals surface area contributed by atoms with Crippen LogP contribution in [-0.2, 0) is 6.54 Å². The Hall–Kier alpha value is -1.16. The monoisotopic (exact) mass is 248 g/mol. The fraction of sp³-hybridized carbons (Fsp3) is 0.462. The van der Waals surface area contributed by atoms with E-state index in [2.05, 4.69) is 18.0 Å². The van der Waals surface area contributed by atoms with Crippen LogP contribution in [0.3, 0.4) is 0 Å². The summed E-state index contributed by atoms with van der Waals surface area (Å²) >= 11 is 1.99. The van der Waals surface area contributed by atoms with Crippen molar-refractivity contribution in [3.63, 3.8) is 0 Å². The van der Waals surface area contributed by atoms with Gasteiger partial charge < -0.3 is 4.98 Å². The predicted molar refractivity (Wildman–Crippen MR) is 72.7 cm³/mol. The topological polar surface area (TPSA) is 37.8 Å². The molecule has 17 heavy (non-hydrogen) atoms. The van der Waals surface area contributed by atoms with Crippen LogP contribution in [0.15, 0.2) is 23.0 Å². The van der Waals surface area contributed by atoms with Crippen LogP contribution in [0.25, 0.3) is 11.0 Å². The predicted octanol–water partition coefficient (Wildman–Crippen LogP) is 2.39. The van der Waals surface area contributed by atoms with E-state index in [1.807, 2.05) is 28.5 Å². The number of hydrogen-bond acceptors (Lipinski definition) is 2. The van der Waals surface area contributed by atoms with Gasteiger partial charge in [0, 0.05) is 6.54 Å². The Kier molecular flexibility index (Phi) is 2.74. The number of hydrogen-bond donors (Lipinski definition) is 1. The Morgan fingerprint density at radius 3 is 3.18 bits per heavy atom. The van der Waals surface area contributed by atoms with Gasteiger partial charge in [-0.25, -0.2) is 4.79 Å². The van der Waals surface area contributed by atoms with Crippen LogP contribution in [0.2, 0.25) is 0 Å². The van der Waals surface area contributed by atoms with E-state index in [0.29, 0.717) is 5.92 Å². The lowest BCUT2D eigenvalue weighted by Gasteiger charge is -2.09. The first-order valence-electron chi connectivity index (χ1n) is 6.01. The zero-order chi connectivity index (χ0) is 11.8. The Balaban J connectivity index is 2.04. The minimum atomic E-state index is 0.0301. The first kappa shape index (κ1) is 11.0. The molecule has 0 saturated carbocycles. The fourth-order valence-corrected chi connectivity index (χ4v) is 3.70. The summed E-state index contributed by atoms with van der Waals surface area (Å²) in [5, 5.41) is 0. The molecule has 2 aromatic rings. The zero-order valence-corrected chi connectivity index (χ0v) is 10.7. The highest BCUT2D eigenvalue weighted by atomic mass is 32.2. The number of rotatable bonds is 2. The maximum Gasteiger partial charge on any atom is 0.326 e. The van der Waals surface area contributed by atoms with E-state index in [1.165, 1.54) is 23.5 Å². The Morgan fingerprint density at radius 1 is 1.53 bits per heavy atom. The van der Waals surface area contributed by atoms with E-state index < -0.39 is 0 Å². The van der Waals surface area contributed by atoms with Gasteiger partial charge in [-0.3, -0.25) is 4.57 Å². The van der Waals surface area contributed by atoms with Gasteiger partial charge in [0.2, 0.25) is 0 Å². The van der Waals surface area contributed by atoms with Crippen molar-refractivity contribution in [2.45, 2.75) is 19.9 Å². The van der Waals surface area contributed by atoms with E-state index >= 15 is 0 Å². The largest absolute Gasteiger partial charge is 0.326 e. The van der Waals surface area contributed by atoms with Gasteiger partial charge in [0.05, 0.1) is 11.0 Å². The molecular weight excluding hydrogens is 232 g/mol. The molecule has 90 valence electrons. The first-order valence-corrected chi connectivity index (χ1v) is 7.16. The molecule has 1 aliphatic heterocycles. The lowest BCUT2D eigenvalue weighted by molar-refractivity contribution is 0.492. The third-order valence-corrected chi connectivity index (χ3v) is 4.63. The molecule has 0 aliphatic carbocycles. The Morgan fingerprint density at radius 2 is 2.41 bits per heavy atom. The first-order chi connectivity index (χ1) is 8.24. The maximum absolute atomic E-state index is 11.9. The molecule has 1 saturated heterocycles. The van der Waals surface area contributed by atoms with Gasteiger partial charge in [-0.15, -0.1) is 0 Å². The summed E-state index contributed by atoms with van der Waals surface area (Å²) in [4.78, 5) is 14.9. The molecule has 1 fully saturated rings. The van der Waals surface area contributed by atoms with E-state index in [-0.39, 0.29) is 5.69 Å². The Labute approximate surface area is 104 Å². The second-order valence-corrected chi connectivity index (χ2v) is 5.94. The van der Waals surface area contributed by atoms with Crippen molar-refractivity contribution in [2.24, 2.45) is 5.92 Å². The van der Waals surface area contributed by atoms with Crippen molar-refractivity contribution in [1.82, 2.24) is 9.55 Å². The van der Waals surface area contributed by atoms with Crippen LogP contribution in [0, 0.1) is 12.8 Å². The van der Waals surface area contributed by atoms with Gasteiger partial charge in [0.15, 0.2) is 0 Å². The third kappa shape index (κ3) is 2.02. The van der Waals surface area contributed by atoms with Gasteiger partial charge in [-0.05, 0) is 48.5 Å². The van der Waals surface area contributed by atoms with Crippen LogP contribution in [0.4, 0.5) is 0 Å². The standard InChI is InChI=1S/C13H16N2OS/c1-9-2-3-11-12(6-9)15(13(16)14-11)7-10-4-5-17-8-10/h2-3,6,10H,4-5,7-8H2,1H3,(H,14,16). The molecule has 2 heterocycles. The van der Waals surface area contributed by atoms with Gasteiger partial charge in [0.25, 0.3) is 0 Å². The third-order valence-electron chi connectivity index (χ3n) is 3.40. The molecule has 0 radical (unpaired) electrons. The number of imidazole rings is 1. The summed E-state index contributed by atoms with van der Waals surface area (Å²) in [7, 11) is 0. The molecule has 0 bridgehead atoms. The second-order valence-electron chi connectivity index (χ2n) is 4.79. The van der Waals surface area contributed by atoms with Crippen molar-refractivity contribution >= 4 is 22.8 Å². The molecule has 0 amide bonds. The summed E-state index contributed by atoms with van der Waals surface area (Å²) in [6.07, 6.45) is 1.23. The average molecular weight is 248 g/mol. The fourth-order valence-electron chi connectivity index (χ4n) is 2.43. The number of aryl methyl sites for hydroxylation is 1. The van der Waals surface area contributed by atoms with E-state index in [1.54, 1.807) is 0 Å². The van der Waals surface area contributed by atoms with Gasteiger partial charge in [0.1, 0.15) is 0 Å². The molecule has 4 heteroatoms. The highest BCUT2D eigenvalue weighted by molar-refractivity contribution is 7.99. The lowest BCUT2D eigenvalue weighted by Crippen LogP contribution is -2.21. The molecule has 0 spiro atoms. The summed E-state index contributed by atoms with van der Waals surface area (Å²) in [5.74, 6) is 3.07. The van der Waals surface area contributed by atoms with E-state index in [9.17, 15) is 4.79 Å². The SMILES string of the molecule is Cc1ccc2[nH]c(=O)n(CC3CCSC3)c2c1. The number of fused-ring (bicyclic) bond motifs is 1. The normalized spacial score (nSPS) is 20.2. The average Bonchev–Trinajstić information content (AvgIpc) is 2.90. The number of nitrogens with zero attached hydrogens (tertiary/aromatic N) is 1. The highest BCUT2D eigenvalue weighted by Gasteiger charge is 2.18. The molecule has 1 aromatic carbocycles. The second kappa shape index (κ2) is 4.26. The number of thioether (sulfide) groups is 1. The van der Waals surface area contributed by atoms with Crippen LogP contribution < -0.4 is 5.69 Å². The van der Waals surface area contributed by atoms with Gasteiger partial charge >= 0.3 is 5.69 Å². The molecule has 3 rings (SSSR count). The quantitative estimate of drug-likeness (QED) is 0.886. The summed E-state index contributed by atoms with van der Waals surface area (Å²) in [5.41, 5.74) is 3.23. The number of H-pyrrole nitrogens is 1. The van der Waals surface area contributed by atoms with Crippen LogP contribution in [0.5, 0.6) is 0 Å². The zero-order valence-electron chi connectivity index (χ0n) is 9.90. The van der Waals surface area contributed by atoms with Crippen molar-refractivity contribution in [3.05, 3.63) is 34.2 Å². The molecular formula is C13H16N2OS. The number of aromatic nitrogens is 2. The van der Waals surface area contributed by atoms with E-state index in [0.717, 1.165) is 17.6 Å². The number of nitrogens with one attached hydrogen (secondary N) is 1. The summed E-state index contributed by atoms with van der Waals surface area (Å²) in [6, 6.07) is 6.12. The number of benzene rings is 1. The van der Waals surface area contributed by atoms with Crippen molar-refractivity contribution in [2.75, 3.05) is 11.5 Å². The molecule has 3 nitrogen and oxygen atoms in total. The van der Waals surface area contributed by atoms with Crippen LogP contribution in [0.1, 0.15) is 12.0 Å². The highest BCUT2D eigenvalue weighted by Crippen LogP contribution is 2.25. The van der Waals surface area contributed by atoms with Crippen molar-refractivity contribution in [1.29, 1.82) is 0 Å². The summed E-state index contributed by atoms with van der Waals surface area (Å²) in [6.45, 7) is 2.92. The maximum atomic E-state index is 11.9. The van der Waals surface area contributed by atoms with Crippen LogP contribution in [-0.4, -0.2) is 21.1 Å². The van der Waals surface area contributed by atoms with Crippen molar-refractivity contribution < 1.29 is 0 Å². The Bertz CT molecular complexity index is 593. The molecule has 1 unspecified atom stereocenters. The van der Waals surface area contributed by atoms with Gasteiger partial charge in [-0.1, -0.05) is 6.07 Å². The molecule has 1 atom stereocenters. The molecule has 1 aromatic heterocycles. The molecule has 1 aliphatic rings. The summed E-state index contributed by atoms with van der Waals surface area (Å²) < 4.78 is 1.90. The minimum Gasteiger partial charge on any atom is -0.306 e. The molecule has 1 N–H and O–H groups in total. The minimum absolute atomic E-state index is 0.0301. The smallest absolute Gasteiger partial charge is 0.306 e. The van der Waals surface area contributed by atoms with Crippen molar-refractivity contribution in [3.8, 4) is 0 Å². The van der Waals surface area contributed by atoms with E-state index in [4.69, 9.17) is 0 Å². The van der Waals surface area contributed by atoms with Gasteiger partial charge in [-0.2, -0.15) is 11.8 Å².